The highest BCUT2D eigenvalue weighted by atomic mass is 17.2. The maximum absolute atomic E-state index is 9.91. The molecule has 0 amide bonds. The Hall–Kier alpha value is -1.71. The summed E-state index contributed by atoms with van der Waals surface area (Å²) >= 11 is 0. The van der Waals surface area contributed by atoms with Gasteiger partial charge < -0.3 is 24.7 Å². The average molecular weight is 397 g/mol. The molecule has 0 aliphatic carbocycles. The van der Waals surface area contributed by atoms with Gasteiger partial charge in [0.2, 0.25) is 5.60 Å². The second-order valence-electron chi connectivity index (χ2n) is 6.00. The summed E-state index contributed by atoms with van der Waals surface area (Å²) in [5.74, 6) is -1.45. The van der Waals surface area contributed by atoms with Crippen LogP contribution in [0, 0.1) is 39.9 Å². The Morgan fingerprint density at radius 2 is 1.14 bits per heavy atom. The van der Waals surface area contributed by atoms with E-state index in [1.54, 1.807) is 9.80 Å². The minimum absolute atomic E-state index is 1.06. The van der Waals surface area contributed by atoms with Crippen molar-refractivity contribution in [3.8, 4) is 18.2 Å². The van der Waals surface area contributed by atoms with Gasteiger partial charge in [0, 0.05) is 0 Å². The Kier molecular flexibility index (Phi) is 22.2. The highest BCUT2D eigenvalue weighted by molar-refractivity contribution is 6.27. The van der Waals surface area contributed by atoms with E-state index in [-0.39, 0.29) is 0 Å². The number of rotatable bonds is 10. The van der Waals surface area contributed by atoms with Gasteiger partial charge in [-0.1, -0.05) is 0 Å². The minimum Gasteiger partial charge on any atom is -0.868 e. The summed E-state index contributed by atoms with van der Waals surface area (Å²) in [4.78, 5) is 11.2. The van der Waals surface area contributed by atoms with Crippen LogP contribution >= 0.6 is 0 Å². The Morgan fingerprint density at radius 3 is 1.29 bits per heavy atom. The highest BCUT2D eigenvalue weighted by Crippen LogP contribution is 2.20. The molecule has 0 rings (SSSR count). The van der Waals surface area contributed by atoms with Crippen molar-refractivity contribution < 1.29 is 29.5 Å². The molecular weight excluding hydrogens is 361 g/mol. The van der Waals surface area contributed by atoms with Crippen molar-refractivity contribution >= 4 is 7.32 Å². The zero-order valence-corrected chi connectivity index (χ0v) is 18.4. The SMILES string of the molecule is CC(C#N)(OOB([O-])[O-])C(C#N)C#N.CC[NH+](CC)CC.CC[NH+](CC)CC. The van der Waals surface area contributed by atoms with E-state index in [0.717, 1.165) is 6.92 Å². The number of nitriles is 3. The molecule has 0 spiro atoms. The molecule has 160 valence electrons. The molecule has 0 radical (unpaired) electrons. The van der Waals surface area contributed by atoms with Crippen molar-refractivity contribution in [3.63, 3.8) is 0 Å². The van der Waals surface area contributed by atoms with Crippen LogP contribution < -0.4 is 19.8 Å². The average Bonchev–Trinajstić information content (AvgIpc) is 2.71. The second-order valence-corrected chi connectivity index (χ2v) is 6.00. The van der Waals surface area contributed by atoms with Crippen molar-refractivity contribution in [1.29, 1.82) is 15.8 Å². The second kappa shape index (κ2) is 20.0. The summed E-state index contributed by atoms with van der Waals surface area (Å²) in [5.41, 5.74) is -1.95. The Balaban J connectivity index is -0.000000375. The summed E-state index contributed by atoms with van der Waals surface area (Å²) in [6, 6.07) is 4.41. The Morgan fingerprint density at radius 1 is 0.821 bits per heavy atom. The van der Waals surface area contributed by atoms with E-state index in [4.69, 9.17) is 15.8 Å². The van der Waals surface area contributed by atoms with Crippen LogP contribution in [0.15, 0.2) is 0 Å². The quantitative estimate of drug-likeness (QED) is 0.234. The lowest BCUT2D eigenvalue weighted by Gasteiger charge is -2.29. The van der Waals surface area contributed by atoms with Crippen LogP contribution in [0.4, 0.5) is 0 Å². The van der Waals surface area contributed by atoms with Crippen LogP contribution in [0.3, 0.4) is 0 Å². The predicted octanol–water partition coefficient (Wildman–Crippen LogP) is -2.55. The fourth-order valence-corrected chi connectivity index (χ4v) is 2.05. The summed E-state index contributed by atoms with van der Waals surface area (Å²) in [6.07, 6.45) is 0. The van der Waals surface area contributed by atoms with Gasteiger partial charge in [0.05, 0.1) is 51.4 Å². The molecule has 1 atom stereocenters. The van der Waals surface area contributed by atoms with Crippen LogP contribution in [-0.4, -0.2) is 52.2 Å². The molecule has 0 heterocycles. The van der Waals surface area contributed by atoms with Gasteiger partial charge >= 0.3 is 0 Å². The molecule has 9 nitrogen and oxygen atoms in total. The van der Waals surface area contributed by atoms with E-state index in [0.29, 0.717) is 0 Å². The number of nitrogens with one attached hydrogen (secondary N) is 2. The van der Waals surface area contributed by atoms with Gasteiger partial charge in [0.15, 0.2) is 5.92 Å². The van der Waals surface area contributed by atoms with Gasteiger partial charge in [-0.15, -0.1) is 0 Å². The third-order valence-electron chi connectivity index (χ3n) is 4.33. The molecule has 0 bridgehead atoms. The smallest absolute Gasteiger partial charge is 0.213 e. The summed E-state index contributed by atoms with van der Waals surface area (Å²) in [7, 11) is -2.74. The van der Waals surface area contributed by atoms with Gasteiger partial charge in [0.1, 0.15) is 13.4 Å². The highest BCUT2D eigenvalue weighted by Gasteiger charge is 2.37. The molecule has 0 aromatic rings. The zero-order valence-electron chi connectivity index (χ0n) is 18.4. The molecule has 0 fully saturated rings. The van der Waals surface area contributed by atoms with Gasteiger partial charge in [0.25, 0.3) is 0 Å². The molecule has 2 N–H and O–H groups in total. The van der Waals surface area contributed by atoms with Crippen molar-refractivity contribution in [3.05, 3.63) is 0 Å². The van der Waals surface area contributed by atoms with Crippen LogP contribution in [0.2, 0.25) is 0 Å². The predicted molar refractivity (Wildman–Crippen MR) is 102 cm³/mol. The molecule has 28 heavy (non-hydrogen) atoms. The molecule has 0 aromatic carbocycles. The third kappa shape index (κ3) is 15.4. The third-order valence-corrected chi connectivity index (χ3v) is 4.33. The van der Waals surface area contributed by atoms with Gasteiger partial charge in [-0.3, -0.25) is 0 Å². The summed E-state index contributed by atoms with van der Waals surface area (Å²) in [5, 5.41) is 45.3. The van der Waals surface area contributed by atoms with E-state index in [9.17, 15) is 10.0 Å². The molecular formula is C18H36BN5O4. The largest absolute Gasteiger partial charge is 0.868 e. The maximum atomic E-state index is 9.91. The van der Waals surface area contributed by atoms with E-state index < -0.39 is 18.8 Å². The molecule has 10 heteroatoms. The maximum Gasteiger partial charge on any atom is 0.213 e. The standard InChI is InChI=1S/C6H4BN3O4.2C6H15N/c1-6(4-10,5(2-8)3-9)13-14-7(11)12;2*1-4-7(5-2)6-3/h5H,1H3;2*4-6H2,1-3H3/q-2;;/p+2. The van der Waals surface area contributed by atoms with E-state index in [1.807, 2.05) is 0 Å². The van der Waals surface area contributed by atoms with Gasteiger partial charge in [-0.2, -0.15) is 15.8 Å². The van der Waals surface area contributed by atoms with Crippen LogP contribution in [0.5, 0.6) is 0 Å². The molecule has 0 aliphatic heterocycles. The number of quaternary nitrogens is 2. The van der Waals surface area contributed by atoms with Crippen LogP contribution in [-0.2, 0) is 9.69 Å². The lowest BCUT2D eigenvalue weighted by atomic mass is 9.93. The molecule has 0 aromatic heterocycles. The van der Waals surface area contributed by atoms with Crippen LogP contribution in [0.1, 0.15) is 48.5 Å². The lowest BCUT2D eigenvalue weighted by Crippen LogP contribution is -3.11. The van der Waals surface area contributed by atoms with Crippen molar-refractivity contribution in [2.24, 2.45) is 5.92 Å². The first-order valence-electron chi connectivity index (χ1n) is 9.73. The zero-order chi connectivity index (χ0) is 22.6. The molecule has 0 saturated heterocycles. The minimum atomic E-state index is -2.74. The van der Waals surface area contributed by atoms with Crippen molar-refractivity contribution in [2.75, 3.05) is 39.3 Å². The first-order chi connectivity index (χ1) is 13.2. The first kappa shape index (κ1) is 31.0. The Bertz CT molecular complexity index is 445. The van der Waals surface area contributed by atoms with E-state index >= 15 is 0 Å². The molecule has 1 unspecified atom stereocenters. The number of hydrogen-bond acceptors (Lipinski definition) is 7. The molecule has 0 saturated carbocycles. The lowest BCUT2D eigenvalue weighted by molar-refractivity contribution is -0.894. The Labute approximate surface area is 170 Å². The van der Waals surface area contributed by atoms with E-state index in [2.05, 4.69) is 51.2 Å². The monoisotopic (exact) mass is 397 g/mol. The normalized spacial score (nSPS) is 11.9. The van der Waals surface area contributed by atoms with Crippen molar-refractivity contribution in [1.82, 2.24) is 0 Å². The summed E-state index contributed by atoms with van der Waals surface area (Å²) in [6.45, 7) is 22.0. The van der Waals surface area contributed by atoms with Gasteiger partial charge in [-0.05, 0) is 48.5 Å². The van der Waals surface area contributed by atoms with Crippen molar-refractivity contribution in [2.45, 2.75) is 54.1 Å². The fraction of sp³-hybridized carbons (Fsp3) is 0.833. The topological polar surface area (TPSA) is 145 Å². The fourth-order valence-electron chi connectivity index (χ4n) is 2.05. The first-order valence-corrected chi connectivity index (χ1v) is 9.73. The van der Waals surface area contributed by atoms with Gasteiger partial charge in [-0.25, -0.2) is 4.89 Å². The number of nitrogens with zero attached hydrogens (tertiary/aromatic N) is 3. The van der Waals surface area contributed by atoms with Crippen LogP contribution in [0.25, 0.3) is 0 Å². The van der Waals surface area contributed by atoms with E-state index in [1.165, 1.54) is 57.5 Å². The number of hydrogen-bond donors (Lipinski definition) is 2. The molecule has 0 aliphatic rings. The summed E-state index contributed by atoms with van der Waals surface area (Å²) < 4.78 is 0.